The van der Waals surface area contributed by atoms with Gasteiger partial charge in [-0.25, -0.2) is 0 Å². The molecule has 19 heavy (non-hydrogen) atoms. The lowest BCUT2D eigenvalue weighted by Gasteiger charge is -2.22. The topological polar surface area (TPSA) is 30.5 Å². The van der Waals surface area contributed by atoms with Gasteiger partial charge in [-0.3, -0.25) is 0 Å². The average Bonchev–Trinajstić information content (AvgIpc) is 2.93. The van der Waals surface area contributed by atoms with Crippen molar-refractivity contribution in [2.45, 2.75) is 37.1 Å². The van der Waals surface area contributed by atoms with Crippen LogP contribution in [0.5, 0.6) is 11.5 Å². The van der Waals surface area contributed by atoms with Gasteiger partial charge in [0.2, 0.25) is 0 Å². The number of fused-ring (bicyclic) bond motifs is 1. The maximum atomic E-state index is 5.74. The van der Waals surface area contributed by atoms with Crippen LogP contribution < -0.4 is 14.8 Å². The Morgan fingerprint density at radius 3 is 3.00 bits per heavy atom. The highest BCUT2D eigenvalue weighted by atomic mass is 32.2. The first kappa shape index (κ1) is 13.1. The molecule has 0 bridgehead atoms. The van der Waals surface area contributed by atoms with Crippen molar-refractivity contribution in [3.8, 4) is 11.5 Å². The zero-order valence-electron chi connectivity index (χ0n) is 11.4. The lowest BCUT2D eigenvalue weighted by molar-refractivity contribution is 0.169. The third-order valence-corrected chi connectivity index (χ3v) is 5.04. The lowest BCUT2D eigenvalue weighted by Crippen LogP contribution is -2.27. The second-order valence-electron chi connectivity index (χ2n) is 5.19. The standard InChI is InChI=1S/C15H21NO2S/c1-19-13-6-5-12(9-13)16-10-11-3-2-4-14-15(11)18-8-7-17-14/h2-4,12-13,16H,5-10H2,1H3. The van der Waals surface area contributed by atoms with Crippen LogP contribution in [0.1, 0.15) is 24.8 Å². The molecule has 0 saturated heterocycles. The number of ether oxygens (including phenoxy) is 2. The molecule has 2 atom stereocenters. The van der Waals surface area contributed by atoms with E-state index >= 15 is 0 Å². The number of hydrogen-bond acceptors (Lipinski definition) is 4. The largest absolute Gasteiger partial charge is 0.486 e. The molecule has 4 heteroatoms. The van der Waals surface area contributed by atoms with E-state index in [1.54, 1.807) is 0 Å². The molecule has 2 unspecified atom stereocenters. The number of benzene rings is 1. The van der Waals surface area contributed by atoms with Crippen LogP contribution in [0.15, 0.2) is 18.2 Å². The monoisotopic (exact) mass is 279 g/mol. The van der Waals surface area contributed by atoms with Gasteiger partial charge in [-0.2, -0.15) is 11.8 Å². The van der Waals surface area contributed by atoms with E-state index in [1.165, 1.54) is 24.8 Å². The molecule has 2 aliphatic rings. The highest BCUT2D eigenvalue weighted by Crippen LogP contribution is 2.34. The summed E-state index contributed by atoms with van der Waals surface area (Å²) < 4.78 is 11.4. The fourth-order valence-electron chi connectivity index (χ4n) is 2.87. The van der Waals surface area contributed by atoms with E-state index in [0.717, 1.165) is 23.3 Å². The molecule has 1 saturated carbocycles. The molecule has 3 rings (SSSR count). The van der Waals surface area contributed by atoms with Crippen molar-refractivity contribution in [2.24, 2.45) is 0 Å². The van der Waals surface area contributed by atoms with Gasteiger partial charge in [-0.1, -0.05) is 12.1 Å². The highest BCUT2D eigenvalue weighted by Gasteiger charge is 2.24. The molecule has 1 fully saturated rings. The molecule has 1 N–H and O–H groups in total. The van der Waals surface area contributed by atoms with E-state index in [2.05, 4.69) is 17.6 Å². The van der Waals surface area contributed by atoms with Crippen molar-refractivity contribution in [1.82, 2.24) is 5.32 Å². The van der Waals surface area contributed by atoms with Gasteiger partial charge in [0.1, 0.15) is 13.2 Å². The van der Waals surface area contributed by atoms with Crippen LogP contribution in [0, 0.1) is 0 Å². The zero-order chi connectivity index (χ0) is 13.1. The quantitative estimate of drug-likeness (QED) is 0.918. The van der Waals surface area contributed by atoms with E-state index in [4.69, 9.17) is 9.47 Å². The number of hydrogen-bond donors (Lipinski definition) is 1. The maximum absolute atomic E-state index is 5.74. The smallest absolute Gasteiger partial charge is 0.165 e. The number of para-hydroxylation sites is 1. The van der Waals surface area contributed by atoms with Gasteiger partial charge in [-0.15, -0.1) is 0 Å². The fraction of sp³-hybridized carbons (Fsp3) is 0.600. The van der Waals surface area contributed by atoms with Crippen LogP contribution in [0.2, 0.25) is 0 Å². The summed E-state index contributed by atoms with van der Waals surface area (Å²) in [5.74, 6) is 1.82. The summed E-state index contributed by atoms with van der Waals surface area (Å²) in [6, 6.07) is 6.81. The van der Waals surface area contributed by atoms with Crippen LogP contribution in [0.3, 0.4) is 0 Å². The Morgan fingerprint density at radius 2 is 2.16 bits per heavy atom. The van der Waals surface area contributed by atoms with Gasteiger partial charge in [0.05, 0.1) is 0 Å². The van der Waals surface area contributed by atoms with Crippen LogP contribution in [-0.4, -0.2) is 30.8 Å². The molecule has 3 nitrogen and oxygen atoms in total. The van der Waals surface area contributed by atoms with Crippen molar-refractivity contribution in [1.29, 1.82) is 0 Å². The summed E-state index contributed by atoms with van der Waals surface area (Å²) >= 11 is 2.00. The van der Waals surface area contributed by atoms with Crippen molar-refractivity contribution in [3.63, 3.8) is 0 Å². The Kier molecular flexibility index (Phi) is 4.18. The summed E-state index contributed by atoms with van der Waals surface area (Å²) in [6.07, 6.45) is 6.13. The van der Waals surface area contributed by atoms with Crippen LogP contribution in [0.25, 0.3) is 0 Å². The number of nitrogens with one attached hydrogen (secondary N) is 1. The van der Waals surface area contributed by atoms with E-state index in [9.17, 15) is 0 Å². The predicted octanol–water partition coefficient (Wildman–Crippen LogP) is 2.83. The highest BCUT2D eigenvalue weighted by molar-refractivity contribution is 7.99. The SMILES string of the molecule is CSC1CCC(NCc2cccc3c2OCCO3)C1. The normalized spacial score (nSPS) is 25.5. The molecule has 1 heterocycles. The predicted molar refractivity (Wildman–Crippen MR) is 79.2 cm³/mol. The minimum atomic E-state index is 0.651. The number of rotatable bonds is 4. The van der Waals surface area contributed by atoms with E-state index < -0.39 is 0 Å². The Balaban J connectivity index is 1.61. The van der Waals surface area contributed by atoms with Crippen molar-refractivity contribution >= 4 is 11.8 Å². The Hall–Kier alpha value is -0.870. The summed E-state index contributed by atoms with van der Waals surface area (Å²) in [7, 11) is 0. The molecule has 104 valence electrons. The van der Waals surface area contributed by atoms with E-state index in [-0.39, 0.29) is 0 Å². The second kappa shape index (κ2) is 6.06. The first-order valence-electron chi connectivity index (χ1n) is 7.00. The Bertz CT molecular complexity index is 438. The zero-order valence-corrected chi connectivity index (χ0v) is 12.2. The fourth-order valence-corrected chi connectivity index (χ4v) is 3.66. The average molecular weight is 279 g/mol. The third-order valence-electron chi connectivity index (χ3n) is 3.95. The lowest BCUT2D eigenvalue weighted by atomic mass is 10.1. The molecule has 1 aliphatic heterocycles. The molecule has 1 aromatic rings. The second-order valence-corrected chi connectivity index (χ2v) is 6.33. The van der Waals surface area contributed by atoms with Gasteiger partial charge in [0.15, 0.2) is 11.5 Å². The molecule has 0 radical (unpaired) electrons. The Morgan fingerprint density at radius 1 is 1.26 bits per heavy atom. The molecular weight excluding hydrogens is 258 g/mol. The van der Waals surface area contributed by atoms with Crippen LogP contribution >= 0.6 is 11.8 Å². The van der Waals surface area contributed by atoms with Crippen molar-refractivity contribution in [3.05, 3.63) is 23.8 Å². The molecular formula is C15H21NO2S. The first-order chi connectivity index (χ1) is 9.36. The molecule has 0 amide bonds. The van der Waals surface area contributed by atoms with Gasteiger partial charge in [-0.05, 0) is 31.6 Å². The molecule has 0 aromatic heterocycles. The summed E-state index contributed by atoms with van der Waals surface area (Å²) in [6.45, 7) is 2.18. The van der Waals surface area contributed by atoms with Gasteiger partial charge >= 0.3 is 0 Å². The van der Waals surface area contributed by atoms with Crippen LogP contribution in [0.4, 0.5) is 0 Å². The van der Waals surface area contributed by atoms with Crippen molar-refractivity contribution < 1.29 is 9.47 Å². The van der Waals surface area contributed by atoms with Crippen LogP contribution in [-0.2, 0) is 6.54 Å². The van der Waals surface area contributed by atoms with Gasteiger partial charge in [0, 0.05) is 23.4 Å². The molecule has 0 spiro atoms. The minimum absolute atomic E-state index is 0.651. The van der Waals surface area contributed by atoms with Gasteiger partial charge in [0.25, 0.3) is 0 Å². The summed E-state index contributed by atoms with van der Waals surface area (Å²) in [5, 5.41) is 4.50. The first-order valence-corrected chi connectivity index (χ1v) is 8.29. The van der Waals surface area contributed by atoms with Crippen molar-refractivity contribution in [2.75, 3.05) is 19.5 Å². The third kappa shape index (κ3) is 3.00. The van der Waals surface area contributed by atoms with E-state index in [1.807, 2.05) is 23.9 Å². The van der Waals surface area contributed by atoms with Gasteiger partial charge < -0.3 is 14.8 Å². The molecule has 1 aromatic carbocycles. The molecule has 1 aliphatic carbocycles. The number of thioether (sulfide) groups is 1. The van der Waals surface area contributed by atoms with E-state index in [0.29, 0.717) is 19.3 Å². The summed E-state index contributed by atoms with van der Waals surface area (Å²) in [5.41, 5.74) is 1.21. The minimum Gasteiger partial charge on any atom is -0.486 e. The Labute approximate surface area is 119 Å². The maximum Gasteiger partial charge on any atom is 0.165 e. The summed E-state index contributed by atoms with van der Waals surface area (Å²) in [4.78, 5) is 0.